The molecule has 0 radical (unpaired) electrons. The highest BCUT2D eigenvalue weighted by molar-refractivity contribution is 6.53. The summed E-state index contributed by atoms with van der Waals surface area (Å²) in [6.45, 7) is 1.77. The van der Waals surface area contributed by atoms with E-state index in [1.165, 1.54) is 18.2 Å². The predicted molar refractivity (Wildman–Crippen MR) is 127 cm³/mol. The zero-order valence-electron chi connectivity index (χ0n) is 17.0. The van der Waals surface area contributed by atoms with Gasteiger partial charge in [-0.25, -0.2) is 8.78 Å². The van der Waals surface area contributed by atoms with Crippen LogP contribution in [0.4, 0.5) is 14.5 Å². The molecule has 2 fully saturated rings. The Morgan fingerprint density at radius 3 is 2.18 bits per heavy atom. The molecule has 176 valence electrons. The highest BCUT2D eigenvalue weighted by Crippen LogP contribution is 2.65. The molecule has 33 heavy (non-hydrogen) atoms. The lowest BCUT2D eigenvalue weighted by molar-refractivity contribution is -0.117. The number of hydrogen-bond donors (Lipinski definition) is 2. The molecule has 2 amide bonds. The Labute approximate surface area is 213 Å². The van der Waals surface area contributed by atoms with Gasteiger partial charge in [-0.1, -0.05) is 34.8 Å². The third kappa shape index (κ3) is 4.92. The molecule has 0 aliphatic heterocycles. The van der Waals surface area contributed by atoms with Gasteiger partial charge in [-0.15, -0.1) is 23.2 Å². The molecule has 2 aliphatic rings. The molecular weight excluding hydrogens is 540 g/mol. The number of nitrogens with one attached hydrogen (secondary N) is 2. The fourth-order valence-corrected chi connectivity index (χ4v) is 5.47. The van der Waals surface area contributed by atoms with Gasteiger partial charge in [-0.3, -0.25) is 9.59 Å². The summed E-state index contributed by atoms with van der Waals surface area (Å²) >= 11 is 31.3. The standard InChI is InChI=1S/C22H17Cl5F2N2O2/c1-9-15(24)4-10(5-16(9)25)17-18(22(17,26)27)20(33)30-11-2-3-14(23)13(6-11)19(32)31-12-7-21(28,29)8-12/h2-6,12,17-18H,7-8H2,1H3,(H,30,33)(H,31,32). The van der Waals surface area contributed by atoms with Crippen molar-refractivity contribution in [3.8, 4) is 0 Å². The third-order valence-corrected chi connectivity index (χ3v) is 7.96. The van der Waals surface area contributed by atoms with Crippen LogP contribution in [0.2, 0.25) is 15.1 Å². The van der Waals surface area contributed by atoms with Crippen LogP contribution in [-0.2, 0) is 4.79 Å². The lowest BCUT2D eigenvalue weighted by Gasteiger charge is -2.35. The highest BCUT2D eigenvalue weighted by atomic mass is 35.5. The van der Waals surface area contributed by atoms with Gasteiger partial charge in [0.15, 0.2) is 0 Å². The number of alkyl halides is 4. The molecule has 2 atom stereocenters. The van der Waals surface area contributed by atoms with Crippen molar-refractivity contribution in [1.29, 1.82) is 0 Å². The number of halogens is 7. The molecule has 0 aromatic heterocycles. The summed E-state index contributed by atoms with van der Waals surface area (Å²) in [5.41, 5.74) is 1.67. The van der Waals surface area contributed by atoms with Crippen molar-refractivity contribution in [2.24, 2.45) is 5.92 Å². The zero-order chi connectivity index (χ0) is 24.3. The first kappa shape index (κ1) is 24.8. The van der Waals surface area contributed by atoms with Gasteiger partial charge < -0.3 is 10.6 Å². The molecule has 11 heteroatoms. The molecule has 0 bridgehead atoms. The summed E-state index contributed by atoms with van der Waals surface area (Å²) in [6.07, 6.45) is -0.840. The van der Waals surface area contributed by atoms with Crippen molar-refractivity contribution in [3.63, 3.8) is 0 Å². The van der Waals surface area contributed by atoms with E-state index in [0.29, 0.717) is 21.2 Å². The van der Waals surface area contributed by atoms with Gasteiger partial charge in [0.05, 0.1) is 16.5 Å². The maximum Gasteiger partial charge on any atom is 0.253 e. The van der Waals surface area contributed by atoms with Gasteiger partial charge in [-0.05, 0) is 48.4 Å². The van der Waals surface area contributed by atoms with Crippen LogP contribution in [0.1, 0.15) is 40.2 Å². The summed E-state index contributed by atoms with van der Waals surface area (Å²) in [5.74, 6) is -5.16. The number of anilines is 1. The minimum Gasteiger partial charge on any atom is -0.349 e. The van der Waals surface area contributed by atoms with E-state index in [4.69, 9.17) is 58.0 Å². The molecule has 0 spiro atoms. The van der Waals surface area contributed by atoms with Gasteiger partial charge in [0.2, 0.25) is 5.91 Å². The fourth-order valence-electron chi connectivity index (χ4n) is 3.94. The molecule has 2 saturated carbocycles. The molecule has 2 aromatic rings. The van der Waals surface area contributed by atoms with E-state index in [-0.39, 0.29) is 16.3 Å². The number of amides is 2. The number of rotatable bonds is 5. The first-order valence-corrected chi connectivity index (χ1v) is 11.8. The van der Waals surface area contributed by atoms with Gasteiger partial charge in [-0.2, -0.15) is 0 Å². The summed E-state index contributed by atoms with van der Waals surface area (Å²) in [5, 5.41) is 6.19. The van der Waals surface area contributed by atoms with Gasteiger partial charge in [0.1, 0.15) is 4.33 Å². The Kier molecular flexibility index (Phi) is 6.56. The summed E-state index contributed by atoms with van der Waals surface area (Å²) < 4.78 is 24.7. The lowest BCUT2D eigenvalue weighted by Crippen LogP contribution is -2.50. The van der Waals surface area contributed by atoms with Crippen LogP contribution in [0.25, 0.3) is 0 Å². The van der Waals surface area contributed by atoms with Gasteiger partial charge in [0.25, 0.3) is 11.8 Å². The first-order chi connectivity index (χ1) is 15.3. The van der Waals surface area contributed by atoms with E-state index in [2.05, 4.69) is 10.6 Å². The second kappa shape index (κ2) is 8.72. The molecule has 2 aromatic carbocycles. The van der Waals surface area contributed by atoms with E-state index in [1.807, 2.05) is 0 Å². The first-order valence-electron chi connectivity index (χ1n) is 9.92. The van der Waals surface area contributed by atoms with E-state index in [9.17, 15) is 18.4 Å². The Bertz CT molecular complexity index is 1130. The van der Waals surface area contributed by atoms with Crippen LogP contribution < -0.4 is 10.6 Å². The van der Waals surface area contributed by atoms with Gasteiger partial charge in [0, 0.05) is 40.5 Å². The third-order valence-electron chi connectivity index (χ3n) is 5.90. The Morgan fingerprint density at radius 2 is 1.61 bits per heavy atom. The number of carbonyl (C=O) groups excluding carboxylic acids is 2. The minimum atomic E-state index is -2.76. The smallest absolute Gasteiger partial charge is 0.253 e. The average molecular weight is 557 g/mol. The number of hydrogen-bond acceptors (Lipinski definition) is 2. The SMILES string of the molecule is Cc1c(Cl)cc(C2C(C(=O)Nc3ccc(Cl)c(C(=O)NC4CC(F)(F)C4)c3)C2(Cl)Cl)cc1Cl. The number of carbonyl (C=O) groups is 2. The maximum atomic E-state index is 13.0. The van der Waals surface area contributed by atoms with Crippen molar-refractivity contribution in [2.75, 3.05) is 5.32 Å². The second-order valence-corrected chi connectivity index (χ2v) is 11.0. The van der Waals surface area contributed by atoms with Crippen molar-refractivity contribution < 1.29 is 18.4 Å². The largest absolute Gasteiger partial charge is 0.349 e. The predicted octanol–water partition coefficient (Wildman–Crippen LogP) is 7.01. The van der Waals surface area contributed by atoms with E-state index in [0.717, 1.165) is 0 Å². The van der Waals surface area contributed by atoms with Crippen LogP contribution in [0.15, 0.2) is 30.3 Å². The second-order valence-electron chi connectivity index (χ2n) is 8.36. The fraction of sp³-hybridized carbons (Fsp3) is 0.364. The van der Waals surface area contributed by atoms with Crippen molar-refractivity contribution in [3.05, 3.63) is 62.1 Å². The number of benzene rings is 2. The molecule has 2 aliphatic carbocycles. The maximum absolute atomic E-state index is 13.0. The molecule has 0 saturated heterocycles. The molecule has 2 unspecified atom stereocenters. The Morgan fingerprint density at radius 1 is 1.00 bits per heavy atom. The van der Waals surface area contributed by atoms with Gasteiger partial charge >= 0.3 is 0 Å². The normalized spacial score (nSPS) is 22.9. The van der Waals surface area contributed by atoms with E-state index in [1.54, 1.807) is 19.1 Å². The lowest BCUT2D eigenvalue weighted by atomic mass is 9.88. The molecule has 2 N–H and O–H groups in total. The average Bonchev–Trinajstić information content (AvgIpc) is 3.27. The molecule has 4 nitrogen and oxygen atoms in total. The van der Waals surface area contributed by atoms with Crippen LogP contribution in [0.3, 0.4) is 0 Å². The molecule has 0 heterocycles. The minimum absolute atomic E-state index is 0.0529. The zero-order valence-corrected chi connectivity index (χ0v) is 20.8. The summed E-state index contributed by atoms with van der Waals surface area (Å²) in [7, 11) is 0. The van der Waals surface area contributed by atoms with Crippen LogP contribution in [-0.4, -0.2) is 28.1 Å². The Balaban J connectivity index is 1.47. The van der Waals surface area contributed by atoms with E-state index < -0.39 is 52.8 Å². The Hall–Kier alpha value is -1.31. The van der Waals surface area contributed by atoms with Crippen LogP contribution in [0, 0.1) is 12.8 Å². The summed E-state index contributed by atoms with van der Waals surface area (Å²) in [6, 6.07) is 7.03. The van der Waals surface area contributed by atoms with E-state index >= 15 is 0 Å². The summed E-state index contributed by atoms with van der Waals surface area (Å²) in [4.78, 5) is 25.4. The highest BCUT2D eigenvalue weighted by Gasteiger charge is 2.67. The molecular formula is C22H17Cl5F2N2O2. The molecule has 4 rings (SSSR count). The monoisotopic (exact) mass is 554 g/mol. The van der Waals surface area contributed by atoms with Crippen LogP contribution >= 0.6 is 58.0 Å². The van der Waals surface area contributed by atoms with Crippen molar-refractivity contribution in [2.45, 2.75) is 42.0 Å². The quantitative estimate of drug-likeness (QED) is 0.390. The topological polar surface area (TPSA) is 58.2 Å². The van der Waals surface area contributed by atoms with Crippen molar-refractivity contribution >= 4 is 75.5 Å². The van der Waals surface area contributed by atoms with Crippen LogP contribution in [0.5, 0.6) is 0 Å². The van der Waals surface area contributed by atoms with Crippen molar-refractivity contribution in [1.82, 2.24) is 5.32 Å².